The summed E-state index contributed by atoms with van der Waals surface area (Å²) in [4.78, 5) is 14.0. The molecule has 3 rings (SSSR count). The van der Waals surface area contributed by atoms with Crippen LogP contribution in [0.3, 0.4) is 0 Å². The number of carbonyl (C=O) groups is 1. The Kier molecular flexibility index (Phi) is 5.36. The minimum absolute atomic E-state index is 0.0920. The summed E-state index contributed by atoms with van der Waals surface area (Å²) in [6, 6.07) is 9.66. The lowest BCUT2D eigenvalue weighted by Gasteiger charge is -2.13. The Morgan fingerprint density at radius 1 is 1.11 bits per heavy atom. The van der Waals surface area contributed by atoms with Gasteiger partial charge >= 0.3 is 12.1 Å². The van der Waals surface area contributed by atoms with E-state index in [1.807, 2.05) is 44.3 Å². The minimum atomic E-state index is -4.86. The van der Waals surface area contributed by atoms with E-state index in [4.69, 9.17) is 4.74 Å². The van der Waals surface area contributed by atoms with Gasteiger partial charge in [-0.2, -0.15) is 13.2 Å². The number of H-pyrrole nitrogens is 1. The van der Waals surface area contributed by atoms with Crippen molar-refractivity contribution in [2.24, 2.45) is 0 Å². The van der Waals surface area contributed by atoms with Gasteiger partial charge in [-0.25, -0.2) is 0 Å². The highest BCUT2D eigenvalue weighted by Gasteiger charge is 2.38. The van der Waals surface area contributed by atoms with E-state index in [0.29, 0.717) is 5.75 Å². The number of alkyl halides is 3. The minimum Gasteiger partial charge on any atom is -0.457 e. The number of benzene rings is 2. The molecule has 2 aromatic carbocycles. The highest BCUT2D eigenvalue weighted by atomic mass is 19.4. The molecule has 1 aromatic heterocycles. The van der Waals surface area contributed by atoms with Crippen LogP contribution in [0.15, 0.2) is 36.5 Å². The second-order valence-electron chi connectivity index (χ2n) is 6.85. The molecule has 0 saturated heterocycles. The normalized spacial score (nSPS) is 11.6. The molecule has 0 bridgehead atoms. The first-order valence-corrected chi connectivity index (χ1v) is 8.86. The zero-order valence-electron chi connectivity index (χ0n) is 15.8. The molecular formula is C21H21F3N2O2. The molecule has 0 saturated carbocycles. The van der Waals surface area contributed by atoms with Gasteiger partial charge in [0.2, 0.25) is 0 Å². The molecule has 0 fully saturated rings. The monoisotopic (exact) mass is 390 g/mol. The molecule has 4 nitrogen and oxygen atoms in total. The van der Waals surface area contributed by atoms with Gasteiger partial charge in [0.1, 0.15) is 11.5 Å². The number of carbonyl (C=O) groups excluding carboxylic acids is 1. The molecule has 0 atom stereocenters. The van der Waals surface area contributed by atoms with Crippen LogP contribution in [0.2, 0.25) is 0 Å². The third-order valence-corrected chi connectivity index (χ3v) is 4.50. The fraction of sp³-hybridized carbons (Fsp3) is 0.286. The average molecular weight is 390 g/mol. The van der Waals surface area contributed by atoms with Crippen molar-refractivity contribution < 1.29 is 22.7 Å². The van der Waals surface area contributed by atoms with Crippen LogP contribution >= 0.6 is 0 Å². The van der Waals surface area contributed by atoms with Crippen LogP contribution in [-0.4, -0.2) is 23.6 Å². The van der Waals surface area contributed by atoms with Crippen molar-refractivity contribution >= 4 is 16.8 Å². The van der Waals surface area contributed by atoms with E-state index < -0.39 is 12.1 Å². The number of fused-ring (bicyclic) bond motifs is 1. The van der Waals surface area contributed by atoms with E-state index in [1.54, 1.807) is 6.20 Å². The summed E-state index contributed by atoms with van der Waals surface area (Å²) in [7, 11) is 0. The summed E-state index contributed by atoms with van der Waals surface area (Å²) in [5.41, 5.74) is 4.91. The molecule has 28 heavy (non-hydrogen) atoms. The van der Waals surface area contributed by atoms with Gasteiger partial charge in [0.15, 0.2) is 0 Å². The van der Waals surface area contributed by atoms with Crippen LogP contribution in [0.4, 0.5) is 13.2 Å². The van der Waals surface area contributed by atoms with Crippen LogP contribution in [0.5, 0.6) is 11.5 Å². The van der Waals surface area contributed by atoms with E-state index >= 15 is 0 Å². The van der Waals surface area contributed by atoms with Crippen LogP contribution in [-0.2, 0) is 11.2 Å². The number of amides is 1. The Labute approximate surface area is 160 Å². The van der Waals surface area contributed by atoms with E-state index in [2.05, 4.69) is 17.1 Å². The predicted molar refractivity (Wildman–Crippen MR) is 102 cm³/mol. The molecule has 0 aliphatic rings. The van der Waals surface area contributed by atoms with Crippen molar-refractivity contribution in [2.45, 2.75) is 33.4 Å². The molecular weight excluding hydrogens is 369 g/mol. The molecule has 0 radical (unpaired) electrons. The largest absolute Gasteiger partial charge is 0.471 e. The summed E-state index contributed by atoms with van der Waals surface area (Å²) < 4.78 is 42.8. The molecule has 3 aromatic rings. The van der Waals surface area contributed by atoms with Crippen molar-refractivity contribution in [3.63, 3.8) is 0 Å². The van der Waals surface area contributed by atoms with E-state index in [1.165, 1.54) is 5.56 Å². The van der Waals surface area contributed by atoms with E-state index in [0.717, 1.165) is 33.3 Å². The number of halogens is 3. The van der Waals surface area contributed by atoms with Crippen molar-refractivity contribution in [1.29, 1.82) is 0 Å². The molecule has 2 N–H and O–H groups in total. The molecule has 0 aliphatic carbocycles. The number of aromatic amines is 1. The van der Waals surface area contributed by atoms with Crippen LogP contribution in [0.25, 0.3) is 10.9 Å². The maximum absolute atomic E-state index is 12.2. The van der Waals surface area contributed by atoms with Crippen molar-refractivity contribution in [1.82, 2.24) is 10.3 Å². The van der Waals surface area contributed by atoms with Gasteiger partial charge in [0, 0.05) is 29.7 Å². The molecule has 7 heteroatoms. The summed E-state index contributed by atoms with van der Waals surface area (Å²) in [6.07, 6.45) is -2.84. The molecule has 148 valence electrons. The molecule has 1 amide bonds. The Balaban J connectivity index is 1.73. The average Bonchev–Trinajstić information content (AvgIpc) is 2.99. The number of hydrogen-bond acceptors (Lipinski definition) is 2. The summed E-state index contributed by atoms with van der Waals surface area (Å²) >= 11 is 0. The second kappa shape index (κ2) is 7.58. The SMILES string of the molecule is Cc1cc(C)c(Oc2ccc3c(CCNC(=O)C(F)(F)F)c[nH]c3c2)c(C)c1. The quantitative estimate of drug-likeness (QED) is 0.636. The number of ether oxygens (including phenoxy) is 1. The summed E-state index contributed by atoms with van der Waals surface area (Å²) in [5, 5.41) is 2.76. The van der Waals surface area contributed by atoms with Crippen molar-refractivity contribution in [3.05, 3.63) is 58.8 Å². The molecule has 0 spiro atoms. The third kappa shape index (κ3) is 4.30. The number of hydrogen-bond donors (Lipinski definition) is 2. The molecule has 0 aliphatic heterocycles. The van der Waals surface area contributed by atoms with E-state index in [-0.39, 0.29) is 13.0 Å². The molecule has 1 heterocycles. The standard InChI is InChI=1S/C21H21F3N2O2/c1-12-8-13(2)19(14(3)9-12)28-16-4-5-17-15(11-26-18(17)10-16)6-7-25-20(27)21(22,23)24/h4-5,8-11,26H,6-7H2,1-3H3,(H,25,27). The van der Waals surface area contributed by atoms with E-state index in [9.17, 15) is 18.0 Å². The van der Waals surface area contributed by atoms with Crippen molar-refractivity contribution in [2.75, 3.05) is 6.54 Å². The van der Waals surface area contributed by atoms with Gasteiger partial charge in [-0.15, -0.1) is 0 Å². The number of rotatable bonds is 5. The van der Waals surface area contributed by atoms with Gasteiger partial charge in [-0.3, -0.25) is 4.79 Å². The maximum atomic E-state index is 12.2. The van der Waals surface area contributed by atoms with Gasteiger partial charge in [-0.05, 0) is 56.0 Å². The maximum Gasteiger partial charge on any atom is 0.471 e. The first-order valence-electron chi connectivity index (χ1n) is 8.86. The second-order valence-corrected chi connectivity index (χ2v) is 6.85. The van der Waals surface area contributed by atoms with Crippen LogP contribution < -0.4 is 10.1 Å². The first-order chi connectivity index (χ1) is 13.1. The third-order valence-electron chi connectivity index (χ3n) is 4.50. The van der Waals surface area contributed by atoms with Crippen LogP contribution in [0.1, 0.15) is 22.3 Å². The van der Waals surface area contributed by atoms with Crippen molar-refractivity contribution in [3.8, 4) is 11.5 Å². The fourth-order valence-electron chi connectivity index (χ4n) is 3.29. The number of nitrogens with one attached hydrogen (secondary N) is 2. The Morgan fingerprint density at radius 2 is 1.79 bits per heavy atom. The summed E-state index contributed by atoms with van der Waals surface area (Å²) in [6.45, 7) is 5.93. The first kappa shape index (κ1) is 19.8. The number of aromatic nitrogens is 1. The lowest BCUT2D eigenvalue weighted by Crippen LogP contribution is -2.37. The topological polar surface area (TPSA) is 54.1 Å². The highest BCUT2D eigenvalue weighted by Crippen LogP contribution is 2.32. The lowest BCUT2D eigenvalue weighted by molar-refractivity contribution is -0.173. The number of aryl methyl sites for hydroxylation is 3. The summed E-state index contributed by atoms with van der Waals surface area (Å²) in [5.74, 6) is -0.445. The Bertz CT molecular complexity index is 999. The zero-order valence-corrected chi connectivity index (χ0v) is 15.8. The van der Waals surface area contributed by atoms with Gasteiger partial charge < -0.3 is 15.0 Å². The van der Waals surface area contributed by atoms with Crippen LogP contribution in [0, 0.1) is 20.8 Å². The lowest BCUT2D eigenvalue weighted by atomic mass is 10.1. The Morgan fingerprint density at radius 3 is 2.43 bits per heavy atom. The predicted octanol–water partition coefficient (Wildman–Crippen LogP) is 5.11. The van der Waals surface area contributed by atoms with Gasteiger partial charge in [-0.1, -0.05) is 17.7 Å². The fourth-order valence-corrected chi connectivity index (χ4v) is 3.29. The molecule has 0 unspecified atom stereocenters. The zero-order chi connectivity index (χ0) is 20.5. The van der Waals surface area contributed by atoms with Gasteiger partial charge in [0.25, 0.3) is 0 Å². The smallest absolute Gasteiger partial charge is 0.457 e. The Hall–Kier alpha value is -2.96. The van der Waals surface area contributed by atoms with Gasteiger partial charge in [0.05, 0.1) is 0 Å². The highest BCUT2D eigenvalue weighted by molar-refractivity contribution is 5.85.